The van der Waals surface area contributed by atoms with Gasteiger partial charge >= 0.3 is 0 Å². The molecule has 1 amide bonds. The summed E-state index contributed by atoms with van der Waals surface area (Å²) >= 11 is 0. The first-order valence-corrected chi connectivity index (χ1v) is 6.83. The summed E-state index contributed by atoms with van der Waals surface area (Å²) in [6, 6.07) is 9.28. The van der Waals surface area contributed by atoms with E-state index >= 15 is 0 Å². The van der Waals surface area contributed by atoms with Crippen molar-refractivity contribution in [3.8, 4) is 5.82 Å². The van der Waals surface area contributed by atoms with Gasteiger partial charge in [-0.05, 0) is 37.6 Å². The van der Waals surface area contributed by atoms with Crippen molar-refractivity contribution in [2.45, 2.75) is 13.8 Å². The number of benzene rings is 1. The fraction of sp³-hybridized carbons (Fsp3) is 0.125. The van der Waals surface area contributed by atoms with Crippen molar-refractivity contribution >= 4 is 11.6 Å². The van der Waals surface area contributed by atoms with Gasteiger partial charge in [0.05, 0.1) is 0 Å². The number of hydrogen-bond acceptors (Lipinski definition) is 4. The SMILES string of the molecule is Cc1ccc(NC(=O)c2ccnc(-n3cnnc3)c2)c(C)c1. The molecule has 2 aromatic heterocycles. The molecule has 0 saturated heterocycles. The number of anilines is 1. The van der Waals surface area contributed by atoms with Gasteiger partial charge < -0.3 is 5.32 Å². The van der Waals surface area contributed by atoms with E-state index in [-0.39, 0.29) is 5.91 Å². The Bertz CT molecular complexity index is 811. The van der Waals surface area contributed by atoms with Crippen LogP contribution < -0.4 is 5.32 Å². The molecule has 1 N–H and O–H groups in total. The molecule has 0 atom stereocenters. The lowest BCUT2D eigenvalue weighted by Gasteiger charge is -2.10. The number of carbonyl (C=O) groups is 1. The molecule has 0 unspecified atom stereocenters. The minimum Gasteiger partial charge on any atom is -0.322 e. The lowest BCUT2D eigenvalue weighted by atomic mass is 10.1. The van der Waals surface area contributed by atoms with E-state index in [1.165, 1.54) is 12.7 Å². The number of aromatic nitrogens is 4. The Morgan fingerprint density at radius 1 is 1.09 bits per heavy atom. The number of amides is 1. The van der Waals surface area contributed by atoms with Gasteiger partial charge in [-0.25, -0.2) is 4.98 Å². The van der Waals surface area contributed by atoms with Gasteiger partial charge in [0.1, 0.15) is 18.5 Å². The summed E-state index contributed by atoms with van der Waals surface area (Å²) in [7, 11) is 0. The van der Waals surface area contributed by atoms with Crippen molar-refractivity contribution in [1.82, 2.24) is 19.7 Å². The van der Waals surface area contributed by atoms with Gasteiger partial charge in [0.15, 0.2) is 0 Å². The Morgan fingerprint density at radius 2 is 1.86 bits per heavy atom. The van der Waals surface area contributed by atoms with E-state index in [4.69, 9.17) is 0 Å². The lowest BCUT2D eigenvalue weighted by Crippen LogP contribution is -2.13. The molecular formula is C16H15N5O. The summed E-state index contributed by atoms with van der Waals surface area (Å²) < 4.78 is 1.65. The van der Waals surface area contributed by atoms with E-state index in [0.717, 1.165) is 16.8 Å². The van der Waals surface area contributed by atoms with Crippen LogP contribution >= 0.6 is 0 Å². The fourth-order valence-corrected chi connectivity index (χ4v) is 2.17. The fourth-order valence-electron chi connectivity index (χ4n) is 2.17. The maximum absolute atomic E-state index is 12.4. The first-order valence-electron chi connectivity index (χ1n) is 6.83. The highest BCUT2D eigenvalue weighted by Crippen LogP contribution is 2.17. The van der Waals surface area contributed by atoms with Crippen molar-refractivity contribution in [2.24, 2.45) is 0 Å². The molecule has 0 aliphatic carbocycles. The molecule has 0 aliphatic rings. The van der Waals surface area contributed by atoms with Crippen LogP contribution in [-0.4, -0.2) is 25.7 Å². The van der Waals surface area contributed by atoms with Crippen LogP contribution in [0.25, 0.3) is 5.82 Å². The molecule has 3 aromatic rings. The molecule has 0 saturated carbocycles. The minimum absolute atomic E-state index is 0.177. The second-order valence-corrected chi connectivity index (χ2v) is 5.04. The summed E-state index contributed by atoms with van der Waals surface area (Å²) in [6.45, 7) is 3.99. The van der Waals surface area contributed by atoms with E-state index in [9.17, 15) is 4.79 Å². The van der Waals surface area contributed by atoms with Crippen molar-refractivity contribution in [3.63, 3.8) is 0 Å². The third kappa shape index (κ3) is 2.85. The number of aryl methyl sites for hydroxylation is 2. The van der Waals surface area contributed by atoms with Gasteiger partial charge in [0, 0.05) is 17.4 Å². The van der Waals surface area contributed by atoms with E-state index in [2.05, 4.69) is 20.5 Å². The van der Waals surface area contributed by atoms with E-state index < -0.39 is 0 Å². The summed E-state index contributed by atoms with van der Waals surface area (Å²) in [5.74, 6) is 0.418. The monoisotopic (exact) mass is 293 g/mol. The van der Waals surface area contributed by atoms with Crippen LogP contribution in [0.1, 0.15) is 21.5 Å². The highest BCUT2D eigenvalue weighted by molar-refractivity contribution is 6.04. The Morgan fingerprint density at radius 3 is 2.59 bits per heavy atom. The van der Waals surface area contributed by atoms with E-state index in [1.807, 2.05) is 32.0 Å². The van der Waals surface area contributed by atoms with Crippen molar-refractivity contribution in [3.05, 3.63) is 65.9 Å². The zero-order valence-corrected chi connectivity index (χ0v) is 12.3. The molecule has 22 heavy (non-hydrogen) atoms. The average Bonchev–Trinajstić information content (AvgIpc) is 3.04. The van der Waals surface area contributed by atoms with Gasteiger partial charge in [-0.1, -0.05) is 17.7 Å². The predicted octanol–water partition coefficient (Wildman–Crippen LogP) is 2.53. The van der Waals surface area contributed by atoms with Gasteiger partial charge in [-0.3, -0.25) is 9.36 Å². The molecule has 0 radical (unpaired) electrons. The van der Waals surface area contributed by atoms with Gasteiger partial charge in [-0.2, -0.15) is 0 Å². The molecule has 110 valence electrons. The highest BCUT2D eigenvalue weighted by Gasteiger charge is 2.09. The second-order valence-electron chi connectivity index (χ2n) is 5.04. The lowest BCUT2D eigenvalue weighted by molar-refractivity contribution is 0.102. The Hall–Kier alpha value is -3.02. The zero-order chi connectivity index (χ0) is 15.5. The van der Waals surface area contributed by atoms with Crippen LogP contribution in [0.3, 0.4) is 0 Å². The molecular weight excluding hydrogens is 278 g/mol. The number of hydrogen-bond donors (Lipinski definition) is 1. The first kappa shape index (κ1) is 13.9. The third-order valence-electron chi connectivity index (χ3n) is 3.32. The summed E-state index contributed by atoms with van der Waals surface area (Å²) in [6.07, 6.45) is 4.66. The molecule has 0 fully saturated rings. The normalized spacial score (nSPS) is 10.5. The zero-order valence-electron chi connectivity index (χ0n) is 12.3. The van der Waals surface area contributed by atoms with Gasteiger partial charge in [0.2, 0.25) is 0 Å². The number of carbonyl (C=O) groups excluding carboxylic acids is 1. The quantitative estimate of drug-likeness (QED) is 0.805. The maximum atomic E-state index is 12.4. The van der Waals surface area contributed by atoms with Crippen molar-refractivity contribution < 1.29 is 4.79 Å². The smallest absolute Gasteiger partial charge is 0.255 e. The van der Waals surface area contributed by atoms with Crippen LogP contribution in [0.15, 0.2) is 49.2 Å². The second kappa shape index (κ2) is 5.77. The summed E-state index contributed by atoms with van der Waals surface area (Å²) in [5.41, 5.74) is 3.52. The van der Waals surface area contributed by atoms with Crippen molar-refractivity contribution in [2.75, 3.05) is 5.32 Å². The van der Waals surface area contributed by atoms with Crippen LogP contribution in [0.5, 0.6) is 0 Å². The van der Waals surface area contributed by atoms with Crippen LogP contribution in [0, 0.1) is 13.8 Å². The predicted molar refractivity (Wildman–Crippen MR) is 83.0 cm³/mol. The maximum Gasteiger partial charge on any atom is 0.255 e. The average molecular weight is 293 g/mol. The largest absolute Gasteiger partial charge is 0.322 e. The molecule has 2 heterocycles. The van der Waals surface area contributed by atoms with Crippen molar-refractivity contribution in [1.29, 1.82) is 0 Å². The molecule has 6 heteroatoms. The minimum atomic E-state index is -0.177. The Kier molecular flexibility index (Phi) is 3.65. The molecule has 6 nitrogen and oxygen atoms in total. The van der Waals surface area contributed by atoms with Gasteiger partial charge in [-0.15, -0.1) is 10.2 Å². The van der Waals surface area contributed by atoms with Crippen LogP contribution in [0.2, 0.25) is 0 Å². The number of nitrogens with zero attached hydrogens (tertiary/aromatic N) is 4. The molecule has 0 bridgehead atoms. The molecule has 1 aromatic carbocycles. The van der Waals surface area contributed by atoms with Crippen LogP contribution in [0.4, 0.5) is 5.69 Å². The molecule has 0 spiro atoms. The van der Waals surface area contributed by atoms with E-state index in [0.29, 0.717) is 11.4 Å². The number of rotatable bonds is 3. The Labute approximate surface area is 127 Å². The van der Waals surface area contributed by atoms with Crippen LogP contribution in [-0.2, 0) is 0 Å². The number of pyridine rings is 1. The molecule has 0 aliphatic heterocycles. The molecule has 3 rings (SSSR count). The number of nitrogens with one attached hydrogen (secondary N) is 1. The van der Waals surface area contributed by atoms with Gasteiger partial charge in [0.25, 0.3) is 5.91 Å². The first-order chi connectivity index (χ1) is 10.6. The topological polar surface area (TPSA) is 72.7 Å². The standard InChI is InChI=1S/C16H15N5O/c1-11-3-4-14(12(2)7-11)20-16(22)13-5-6-17-15(8-13)21-9-18-19-10-21/h3-10H,1-2H3,(H,20,22). The Balaban J connectivity index is 1.85. The summed E-state index contributed by atoms with van der Waals surface area (Å²) in [5, 5.41) is 10.4. The summed E-state index contributed by atoms with van der Waals surface area (Å²) in [4.78, 5) is 16.6. The van der Waals surface area contributed by atoms with E-state index in [1.54, 1.807) is 22.9 Å². The highest BCUT2D eigenvalue weighted by atomic mass is 16.1. The third-order valence-corrected chi connectivity index (χ3v) is 3.32.